The first-order valence-corrected chi connectivity index (χ1v) is 9.95. The van der Waals surface area contributed by atoms with Crippen LogP contribution in [0, 0.1) is 0 Å². The molecule has 0 aliphatic heterocycles. The highest BCUT2D eigenvalue weighted by Gasteiger charge is 2.28. The fourth-order valence-corrected chi connectivity index (χ4v) is 2.76. The van der Waals surface area contributed by atoms with Gasteiger partial charge in [-0.3, -0.25) is 19.3 Å². The molecule has 0 amide bonds. The number of nitrogens with zero attached hydrogens (tertiary/aromatic N) is 1. The molecule has 12 heteroatoms. The molecule has 0 bridgehead atoms. The van der Waals surface area contributed by atoms with Crippen molar-refractivity contribution < 1.29 is 48.7 Å². The maximum Gasteiger partial charge on any atom is 0.320 e. The summed E-state index contributed by atoms with van der Waals surface area (Å²) in [6.07, 6.45) is 0.339. The van der Waals surface area contributed by atoms with E-state index in [2.05, 4.69) is 0 Å². The number of hydrogen-bond acceptors (Lipinski definition) is 9. The van der Waals surface area contributed by atoms with Gasteiger partial charge in [0.2, 0.25) is 0 Å². The summed E-state index contributed by atoms with van der Waals surface area (Å²) in [4.78, 5) is 34.2. The molecule has 1 atom stereocenters. The lowest BCUT2D eigenvalue weighted by Gasteiger charge is -2.25. The molecule has 32 heavy (non-hydrogen) atoms. The molecule has 0 aliphatic rings. The van der Waals surface area contributed by atoms with Crippen molar-refractivity contribution in [1.82, 2.24) is 4.90 Å². The SMILES string of the molecule is NCOCCOc1ccccc1OCCOCCCC(C(=O)O)N(CC(=O)O)CC(=O)O. The average molecular weight is 458 g/mol. The molecule has 5 N–H and O–H groups in total. The third-order valence-corrected chi connectivity index (χ3v) is 4.11. The number of carbonyl (C=O) groups is 3. The molecule has 180 valence electrons. The molecule has 0 heterocycles. The van der Waals surface area contributed by atoms with Gasteiger partial charge in [-0.1, -0.05) is 12.1 Å². The summed E-state index contributed by atoms with van der Waals surface area (Å²) in [5.41, 5.74) is 5.24. The predicted octanol–water partition coefficient (Wildman–Crippen LogP) is 0.0982. The van der Waals surface area contributed by atoms with Crippen molar-refractivity contribution in [1.29, 1.82) is 0 Å². The molecule has 0 saturated heterocycles. The molecule has 0 saturated carbocycles. The Labute approximate surface area is 185 Å². The van der Waals surface area contributed by atoms with Crippen LogP contribution in [-0.4, -0.2) is 97.0 Å². The van der Waals surface area contributed by atoms with Gasteiger partial charge in [0.05, 0.1) is 33.0 Å². The number of carboxylic acid groups (broad SMARTS) is 3. The fraction of sp³-hybridized carbons (Fsp3) is 0.550. The molecular weight excluding hydrogens is 428 g/mol. The average Bonchev–Trinajstić information content (AvgIpc) is 2.72. The van der Waals surface area contributed by atoms with Gasteiger partial charge >= 0.3 is 17.9 Å². The van der Waals surface area contributed by atoms with E-state index in [1.165, 1.54) is 0 Å². The maximum atomic E-state index is 11.5. The first-order valence-electron chi connectivity index (χ1n) is 9.95. The highest BCUT2D eigenvalue weighted by molar-refractivity contribution is 5.78. The summed E-state index contributed by atoms with van der Waals surface area (Å²) in [5.74, 6) is -2.81. The molecule has 0 fully saturated rings. The number of hydrogen-bond donors (Lipinski definition) is 4. The van der Waals surface area contributed by atoms with Crippen molar-refractivity contribution in [3.63, 3.8) is 0 Å². The van der Waals surface area contributed by atoms with E-state index in [4.69, 9.17) is 34.9 Å². The smallest absolute Gasteiger partial charge is 0.320 e. The number of nitrogens with two attached hydrogens (primary N) is 1. The summed E-state index contributed by atoms with van der Waals surface area (Å²) in [6, 6.07) is 5.86. The largest absolute Gasteiger partial charge is 0.487 e. The number of ether oxygens (including phenoxy) is 4. The molecule has 0 spiro atoms. The minimum atomic E-state index is -1.30. The summed E-state index contributed by atoms with van der Waals surface area (Å²) < 4.78 is 21.7. The van der Waals surface area contributed by atoms with Gasteiger partial charge in [-0.05, 0) is 25.0 Å². The Hall–Kier alpha value is -2.93. The van der Waals surface area contributed by atoms with Gasteiger partial charge in [-0.15, -0.1) is 0 Å². The zero-order valence-corrected chi connectivity index (χ0v) is 17.7. The number of rotatable bonds is 19. The highest BCUT2D eigenvalue weighted by Crippen LogP contribution is 2.26. The predicted molar refractivity (Wildman–Crippen MR) is 111 cm³/mol. The van der Waals surface area contributed by atoms with Gasteiger partial charge < -0.3 is 40.0 Å². The van der Waals surface area contributed by atoms with E-state index in [1.807, 2.05) is 0 Å². The molecule has 0 radical (unpaired) electrons. The second kappa shape index (κ2) is 15.8. The number of para-hydroxylation sites is 2. The normalized spacial score (nSPS) is 11.8. The minimum absolute atomic E-state index is 0.0400. The Balaban J connectivity index is 2.37. The highest BCUT2D eigenvalue weighted by atomic mass is 16.6. The van der Waals surface area contributed by atoms with E-state index in [9.17, 15) is 19.5 Å². The van der Waals surface area contributed by atoms with Crippen molar-refractivity contribution >= 4 is 17.9 Å². The van der Waals surface area contributed by atoms with Crippen LogP contribution in [0.15, 0.2) is 24.3 Å². The topological polar surface area (TPSA) is 178 Å². The first kappa shape index (κ1) is 27.1. The summed E-state index contributed by atoms with van der Waals surface area (Å²) in [5, 5.41) is 27.1. The zero-order chi connectivity index (χ0) is 23.8. The van der Waals surface area contributed by atoms with Gasteiger partial charge in [-0.2, -0.15) is 0 Å². The third kappa shape index (κ3) is 11.5. The van der Waals surface area contributed by atoms with E-state index in [1.54, 1.807) is 24.3 Å². The Morgan fingerprint density at radius 3 is 1.84 bits per heavy atom. The molecule has 1 unspecified atom stereocenters. The van der Waals surface area contributed by atoms with Crippen molar-refractivity contribution in [2.75, 3.05) is 52.9 Å². The van der Waals surface area contributed by atoms with Gasteiger partial charge in [-0.25, -0.2) is 0 Å². The van der Waals surface area contributed by atoms with Crippen molar-refractivity contribution in [2.24, 2.45) is 5.73 Å². The monoisotopic (exact) mass is 458 g/mol. The van der Waals surface area contributed by atoms with Crippen molar-refractivity contribution in [3.05, 3.63) is 24.3 Å². The van der Waals surface area contributed by atoms with Crippen LogP contribution >= 0.6 is 0 Å². The van der Waals surface area contributed by atoms with Crippen LogP contribution in [0.4, 0.5) is 0 Å². The van der Waals surface area contributed by atoms with Crippen LogP contribution in [0.5, 0.6) is 11.5 Å². The van der Waals surface area contributed by atoms with Crippen LogP contribution in [0.25, 0.3) is 0 Å². The Morgan fingerprint density at radius 1 is 0.844 bits per heavy atom. The van der Waals surface area contributed by atoms with Crippen LogP contribution in [0.3, 0.4) is 0 Å². The van der Waals surface area contributed by atoms with Crippen LogP contribution in [-0.2, 0) is 23.9 Å². The molecular formula is C20H30N2O10. The zero-order valence-electron chi connectivity index (χ0n) is 17.7. The molecule has 1 aromatic carbocycles. The van der Waals surface area contributed by atoms with E-state index in [0.717, 1.165) is 4.90 Å². The Kier molecular flexibility index (Phi) is 13.4. The van der Waals surface area contributed by atoms with Gasteiger partial charge in [0.25, 0.3) is 0 Å². The molecule has 1 rings (SSSR count). The second-order valence-electron chi connectivity index (χ2n) is 6.52. The molecule has 0 aromatic heterocycles. The van der Waals surface area contributed by atoms with Crippen LogP contribution in [0.2, 0.25) is 0 Å². The van der Waals surface area contributed by atoms with Crippen molar-refractivity contribution in [2.45, 2.75) is 18.9 Å². The number of aliphatic carboxylic acids is 3. The fourth-order valence-electron chi connectivity index (χ4n) is 2.76. The van der Waals surface area contributed by atoms with Crippen molar-refractivity contribution in [3.8, 4) is 11.5 Å². The number of carboxylic acids is 3. The van der Waals surface area contributed by atoms with E-state index in [0.29, 0.717) is 31.1 Å². The van der Waals surface area contributed by atoms with Gasteiger partial charge in [0.1, 0.15) is 19.3 Å². The molecule has 12 nitrogen and oxygen atoms in total. The summed E-state index contributed by atoms with van der Waals surface area (Å²) >= 11 is 0. The third-order valence-electron chi connectivity index (χ3n) is 4.11. The molecule has 1 aromatic rings. The standard InChI is InChI=1S/C20H30N2O10/c21-14-30-9-11-32-17-6-2-1-5-16(17)31-10-8-29-7-3-4-15(20(27)28)22(12-18(23)24)13-19(25)26/h1-2,5-6,15H,3-4,7-14,21H2,(H,23,24)(H,25,26)(H,27,28). The lowest BCUT2D eigenvalue weighted by atomic mass is 10.1. The van der Waals surface area contributed by atoms with E-state index >= 15 is 0 Å². The Bertz CT molecular complexity index is 699. The van der Waals surface area contributed by atoms with E-state index in [-0.39, 0.29) is 33.0 Å². The summed E-state index contributed by atoms with van der Waals surface area (Å²) in [7, 11) is 0. The Morgan fingerprint density at radius 2 is 1.38 bits per heavy atom. The second-order valence-corrected chi connectivity index (χ2v) is 6.52. The van der Waals surface area contributed by atoms with Crippen LogP contribution in [0.1, 0.15) is 12.8 Å². The van der Waals surface area contributed by atoms with Crippen LogP contribution < -0.4 is 15.2 Å². The molecule has 0 aliphatic carbocycles. The van der Waals surface area contributed by atoms with Gasteiger partial charge in [0.15, 0.2) is 11.5 Å². The quantitative estimate of drug-likeness (QED) is 0.162. The lowest BCUT2D eigenvalue weighted by Crippen LogP contribution is -2.46. The summed E-state index contributed by atoms with van der Waals surface area (Å²) in [6.45, 7) is 0.0816. The lowest BCUT2D eigenvalue weighted by molar-refractivity contribution is -0.149. The van der Waals surface area contributed by atoms with E-state index < -0.39 is 37.0 Å². The van der Waals surface area contributed by atoms with Gasteiger partial charge in [0, 0.05) is 6.61 Å². The maximum absolute atomic E-state index is 11.5. The minimum Gasteiger partial charge on any atom is -0.487 e. The number of benzene rings is 1. The first-order chi connectivity index (χ1) is 15.3.